The Labute approximate surface area is 156 Å². The third kappa shape index (κ3) is 2.84. The van der Waals surface area contributed by atoms with Crippen molar-refractivity contribution in [3.05, 3.63) is 46.3 Å². The Kier molecular flexibility index (Phi) is 3.92. The molecule has 2 aliphatic rings. The Morgan fingerprint density at radius 1 is 1.30 bits per heavy atom. The van der Waals surface area contributed by atoms with Gasteiger partial charge >= 0.3 is 6.18 Å². The highest BCUT2D eigenvalue weighted by Crippen LogP contribution is 2.47. The van der Waals surface area contributed by atoms with Gasteiger partial charge in [0.1, 0.15) is 30.3 Å². The molecular formula is C17H13ClF3N5O. The lowest BCUT2D eigenvalue weighted by Crippen LogP contribution is -2.25. The van der Waals surface area contributed by atoms with E-state index >= 15 is 0 Å². The van der Waals surface area contributed by atoms with Gasteiger partial charge in [0.25, 0.3) is 0 Å². The second-order valence-electron chi connectivity index (χ2n) is 5.98. The molecule has 0 saturated carbocycles. The van der Waals surface area contributed by atoms with Crippen molar-refractivity contribution >= 4 is 28.9 Å². The maximum absolute atomic E-state index is 13.7. The number of nitrogen functional groups attached to an aromatic ring is 1. The summed E-state index contributed by atoms with van der Waals surface area (Å²) in [6.45, 7) is 1.54. The van der Waals surface area contributed by atoms with E-state index in [1.165, 1.54) is 31.5 Å². The normalized spacial score (nSPS) is 15.1. The highest BCUT2D eigenvalue weighted by molar-refractivity contribution is 6.37. The molecular weight excluding hydrogens is 383 g/mol. The number of hydrogen-bond donors (Lipinski definition) is 3. The van der Waals surface area contributed by atoms with E-state index < -0.39 is 11.7 Å². The molecule has 0 radical (unpaired) electrons. The molecule has 4 N–H and O–H groups in total. The number of amidine groups is 1. The zero-order valence-electron chi connectivity index (χ0n) is 13.9. The summed E-state index contributed by atoms with van der Waals surface area (Å²) in [6.07, 6.45) is -1.72. The number of alkyl halides is 3. The quantitative estimate of drug-likeness (QED) is 0.682. The first kappa shape index (κ1) is 17.5. The van der Waals surface area contributed by atoms with Crippen LogP contribution in [0.3, 0.4) is 0 Å². The third-order valence-electron chi connectivity index (χ3n) is 4.22. The van der Waals surface area contributed by atoms with Crippen molar-refractivity contribution in [2.24, 2.45) is 4.99 Å². The van der Waals surface area contributed by atoms with Crippen molar-refractivity contribution in [3.8, 4) is 17.0 Å². The summed E-state index contributed by atoms with van der Waals surface area (Å²) in [4.78, 5) is 8.22. The molecule has 1 aromatic heterocycles. The van der Waals surface area contributed by atoms with Gasteiger partial charge < -0.3 is 21.1 Å². The van der Waals surface area contributed by atoms with E-state index in [0.717, 1.165) is 0 Å². The predicted octanol–water partition coefficient (Wildman–Crippen LogP) is 3.89. The average molecular weight is 396 g/mol. The average Bonchev–Trinajstić information content (AvgIpc) is 2.79. The second kappa shape index (κ2) is 6.05. The molecule has 10 heteroatoms. The van der Waals surface area contributed by atoms with Crippen LogP contribution in [0.25, 0.3) is 11.3 Å². The zero-order valence-corrected chi connectivity index (χ0v) is 14.7. The Morgan fingerprint density at radius 3 is 2.81 bits per heavy atom. The van der Waals surface area contributed by atoms with Gasteiger partial charge in [0.15, 0.2) is 0 Å². The number of halogens is 4. The molecule has 3 heterocycles. The fourth-order valence-electron chi connectivity index (χ4n) is 3.17. The zero-order chi connectivity index (χ0) is 19.3. The van der Waals surface area contributed by atoms with Crippen molar-refractivity contribution in [3.63, 3.8) is 0 Å². The maximum Gasteiger partial charge on any atom is 0.418 e. The third-order valence-corrected chi connectivity index (χ3v) is 4.61. The molecule has 0 atom stereocenters. The summed E-state index contributed by atoms with van der Waals surface area (Å²) < 4.78 is 46.7. The molecule has 0 unspecified atom stereocenters. The van der Waals surface area contributed by atoms with Gasteiger partial charge in [-0.25, -0.2) is 9.98 Å². The van der Waals surface area contributed by atoms with Crippen LogP contribution in [0.5, 0.6) is 5.75 Å². The fraction of sp³-hybridized carbons (Fsp3) is 0.176. The number of nitrogens with two attached hydrogens (primary N) is 1. The number of rotatable bonds is 1. The monoisotopic (exact) mass is 395 g/mol. The van der Waals surface area contributed by atoms with Gasteiger partial charge in [-0.1, -0.05) is 11.6 Å². The van der Waals surface area contributed by atoms with Gasteiger partial charge in [-0.2, -0.15) is 13.2 Å². The van der Waals surface area contributed by atoms with Crippen LogP contribution in [0.2, 0.25) is 5.02 Å². The van der Waals surface area contributed by atoms with Gasteiger partial charge in [0.05, 0.1) is 27.5 Å². The molecule has 0 bridgehead atoms. The number of pyridine rings is 1. The van der Waals surface area contributed by atoms with Crippen LogP contribution >= 0.6 is 11.6 Å². The van der Waals surface area contributed by atoms with Gasteiger partial charge in [-0.3, -0.25) is 0 Å². The van der Waals surface area contributed by atoms with Crippen LogP contribution in [0.4, 0.5) is 24.7 Å². The van der Waals surface area contributed by atoms with E-state index in [0.29, 0.717) is 22.8 Å². The summed E-state index contributed by atoms with van der Waals surface area (Å²) in [6, 6.07) is 2.59. The highest BCUT2D eigenvalue weighted by atomic mass is 35.5. The molecule has 0 amide bonds. The van der Waals surface area contributed by atoms with Gasteiger partial charge in [-0.15, -0.1) is 0 Å². The molecule has 2 aromatic rings. The summed E-state index contributed by atoms with van der Waals surface area (Å²) in [7, 11) is 0. The molecule has 0 saturated heterocycles. The van der Waals surface area contributed by atoms with E-state index in [1.54, 1.807) is 0 Å². The van der Waals surface area contributed by atoms with Crippen LogP contribution in [-0.2, 0) is 6.18 Å². The lowest BCUT2D eigenvalue weighted by molar-refractivity contribution is -0.137. The van der Waals surface area contributed by atoms with Crippen LogP contribution in [-0.4, -0.2) is 17.5 Å². The fourth-order valence-corrected chi connectivity index (χ4v) is 3.47. The summed E-state index contributed by atoms with van der Waals surface area (Å²) >= 11 is 6.49. The number of anilines is 2. The molecule has 27 heavy (non-hydrogen) atoms. The molecule has 6 nitrogen and oxygen atoms in total. The first-order valence-corrected chi connectivity index (χ1v) is 8.23. The number of nitrogens with one attached hydrogen (secondary N) is 2. The highest BCUT2D eigenvalue weighted by Gasteiger charge is 2.38. The van der Waals surface area contributed by atoms with Gasteiger partial charge in [-0.05, 0) is 24.6 Å². The minimum Gasteiger partial charge on any atom is -0.463 e. The minimum absolute atomic E-state index is 0.0344. The molecule has 2 aliphatic heterocycles. The molecule has 140 valence electrons. The summed E-state index contributed by atoms with van der Waals surface area (Å²) in [5.74, 6) is 0.771. The van der Waals surface area contributed by atoms with Crippen molar-refractivity contribution in [2.45, 2.75) is 13.1 Å². The minimum atomic E-state index is -4.63. The van der Waals surface area contributed by atoms with Crippen molar-refractivity contribution in [1.82, 2.24) is 10.3 Å². The number of aryl methyl sites for hydroxylation is 1. The Morgan fingerprint density at radius 2 is 2.07 bits per heavy atom. The molecule has 0 spiro atoms. The largest absolute Gasteiger partial charge is 0.463 e. The number of benzene rings is 1. The van der Waals surface area contributed by atoms with Crippen molar-refractivity contribution < 1.29 is 17.9 Å². The van der Waals surface area contributed by atoms with Crippen LogP contribution in [0.1, 0.15) is 16.7 Å². The van der Waals surface area contributed by atoms with E-state index in [-0.39, 0.29) is 34.3 Å². The van der Waals surface area contributed by atoms with E-state index in [2.05, 4.69) is 20.6 Å². The first-order valence-electron chi connectivity index (χ1n) is 7.85. The number of nitrogens with zero attached hydrogens (tertiary/aromatic N) is 2. The number of aliphatic imine (C=N–C) groups is 1. The molecule has 1 aromatic carbocycles. The molecule has 0 fully saturated rings. The van der Waals surface area contributed by atoms with Crippen LogP contribution in [0.15, 0.2) is 29.6 Å². The molecule has 4 rings (SSSR count). The lowest BCUT2D eigenvalue weighted by atomic mass is 9.97. The molecule has 0 aliphatic carbocycles. The second-order valence-corrected chi connectivity index (χ2v) is 6.36. The summed E-state index contributed by atoms with van der Waals surface area (Å²) in [5, 5.41) is 6.02. The van der Waals surface area contributed by atoms with Crippen molar-refractivity contribution in [1.29, 1.82) is 0 Å². The number of ether oxygens (including phenoxy) is 1. The van der Waals surface area contributed by atoms with E-state index in [9.17, 15) is 13.2 Å². The number of aromatic nitrogens is 1. The lowest BCUT2D eigenvalue weighted by Gasteiger charge is -2.23. The Hall–Kier alpha value is -2.94. The number of hydrogen-bond acceptors (Lipinski definition) is 6. The van der Waals surface area contributed by atoms with E-state index in [1.807, 2.05) is 0 Å². The van der Waals surface area contributed by atoms with Crippen LogP contribution < -0.4 is 21.1 Å². The van der Waals surface area contributed by atoms with E-state index in [4.69, 9.17) is 22.1 Å². The Bertz CT molecular complexity index is 1020. The maximum atomic E-state index is 13.7. The SMILES string of the molecule is Cc1cc(N)nc(-c2cc3c4c(c2Cl)NCN=C4NC=CO3)c1C(F)(F)F. The first-order chi connectivity index (χ1) is 12.8. The Balaban J connectivity index is 2.05. The summed E-state index contributed by atoms with van der Waals surface area (Å²) in [5.41, 5.74) is 5.46. The van der Waals surface area contributed by atoms with Gasteiger partial charge in [0.2, 0.25) is 0 Å². The van der Waals surface area contributed by atoms with Crippen LogP contribution in [0, 0.1) is 6.92 Å². The van der Waals surface area contributed by atoms with Gasteiger partial charge in [0, 0.05) is 11.8 Å². The van der Waals surface area contributed by atoms with Crippen molar-refractivity contribution in [2.75, 3.05) is 17.7 Å². The standard InChI is InChI=1S/C17H13ClF3N5O/c1-7-4-10(22)26-14(12(7)17(19,20)21)8-5-9-11-15(13(8)18)24-6-25-16(11)23-2-3-27-9/h2-5,24H,6H2,1H3,(H2,22,26)(H,23,25). The predicted molar refractivity (Wildman–Crippen MR) is 96.8 cm³/mol. The topological polar surface area (TPSA) is 84.6 Å². The smallest absolute Gasteiger partial charge is 0.418 e.